The number of hydrazine groups is 1. The molecule has 0 aliphatic carbocycles. The van der Waals surface area contributed by atoms with Crippen LogP contribution in [0.2, 0.25) is 0 Å². The lowest BCUT2D eigenvalue weighted by Crippen LogP contribution is -2.54. The van der Waals surface area contributed by atoms with Crippen LogP contribution in [0.1, 0.15) is 60.3 Å². The molecule has 3 rings (SSSR count). The van der Waals surface area contributed by atoms with Crippen molar-refractivity contribution < 1.29 is 22.4 Å². The summed E-state index contributed by atoms with van der Waals surface area (Å²) in [4.78, 5) is 16.7. The number of rotatable bonds is 3. The topological polar surface area (TPSA) is 77.5 Å². The number of alkyl halides is 3. The fourth-order valence-corrected chi connectivity index (χ4v) is 3.28. The molecule has 0 saturated carbocycles. The molecule has 2 aromatic rings. The molecule has 1 amide bonds. The van der Waals surface area contributed by atoms with Gasteiger partial charge < -0.3 is 10.6 Å². The zero-order chi connectivity index (χ0) is 24.4. The van der Waals surface area contributed by atoms with Gasteiger partial charge in [0.25, 0.3) is 5.91 Å². The Kier molecular flexibility index (Phi) is 7.08. The second-order valence-corrected chi connectivity index (χ2v) is 9.00. The zero-order valence-corrected chi connectivity index (χ0v) is 18.8. The molecule has 1 heterocycles. The number of halogens is 4. The number of nitrogens with one attached hydrogen (secondary N) is 4. The predicted octanol–water partition coefficient (Wildman–Crippen LogP) is 4.19. The van der Waals surface area contributed by atoms with Gasteiger partial charge in [0, 0.05) is 23.6 Å². The van der Waals surface area contributed by atoms with E-state index in [1.54, 1.807) is 13.0 Å². The number of aliphatic imine (C=N–C) groups is 1. The Morgan fingerprint density at radius 3 is 2.30 bits per heavy atom. The van der Waals surface area contributed by atoms with Crippen molar-refractivity contribution in [1.29, 1.82) is 0 Å². The predicted molar refractivity (Wildman–Crippen MR) is 118 cm³/mol. The van der Waals surface area contributed by atoms with Crippen molar-refractivity contribution in [3.63, 3.8) is 0 Å². The van der Waals surface area contributed by atoms with Gasteiger partial charge in [0.05, 0.1) is 11.7 Å². The van der Waals surface area contributed by atoms with E-state index >= 15 is 0 Å². The molecule has 178 valence electrons. The number of carbonyl (C=O) groups excluding carboxylic acids is 1. The molecule has 6 nitrogen and oxygen atoms in total. The third-order valence-electron chi connectivity index (χ3n) is 4.98. The first kappa shape index (κ1) is 24.7. The summed E-state index contributed by atoms with van der Waals surface area (Å²) >= 11 is 0. The maximum Gasteiger partial charge on any atom is 0.416 e. The van der Waals surface area contributed by atoms with Crippen molar-refractivity contribution in [3.8, 4) is 0 Å². The van der Waals surface area contributed by atoms with Crippen LogP contribution in [-0.4, -0.2) is 23.6 Å². The molecule has 1 aliphatic rings. The van der Waals surface area contributed by atoms with Crippen molar-refractivity contribution in [2.24, 2.45) is 4.99 Å². The normalized spacial score (nSPS) is 19.5. The molecule has 2 atom stereocenters. The summed E-state index contributed by atoms with van der Waals surface area (Å²) in [6.07, 6.45) is -4.29. The number of aryl methyl sites for hydroxylation is 1. The molecule has 0 aromatic heterocycles. The van der Waals surface area contributed by atoms with E-state index in [9.17, 15) is 22.4 Å². The van der Waals surface area contributed by atoms with E-state index in [1.165, 1.54) is 6.07 Å². The highest BCUT2D eigenvalue weighted by molar-refractivity contribution is 6.02. The highest BCUT2D eigenvalue weighted by Crippen LogP contribution is 2.29. The molecule has 2 aromatic carbocycles. The summed E-state index contributed by atoms with van der Waals surface area (Å²) in [5.41, 5.74) is 6.22. The number of hydrogen-bond acceptors (Lipinski definition) is 3. The molecule has 33 heavy (non-hydrogen) atoms. The monoisotopic (exact) mass is 465 g/mol. The zero-order valence-electron chi connectivity index (χ0n) is 18.8. The number of hydrogen-bond donors (Lipinski definition) is 4. The van der Waals surface area contributed by atoms with Gasteiger partial charge in [-0.15, -0.1) is 0 Å². The fourth-order valence-electron chi connectivity index (χ4n) is 3.28. The molecule has 1 saturated heterocycles. The van der Waals surface area contributed by atoms with Crippen molar-refractivity contribution in [1.82, 2.24) is 21.5 Å². The molecule has 1 fully saturated rings. The van der Waals surface area contributed by atoms with E-state index in [2.05, 4.69) is 26.5 Å². The van der Waals surface area contributed by atoms with Crippen LogP contribution in [0.5, 0.6) is 0 Å². The lowest BCUT2D eigenvalue weighted by Gasteiger charge is -2.25. The van der Waals surface area contributed by atoms with Gasteiger partial charge in [0.2, 0.25) is 5.96 Å². The van der Waals surface area contributed by atoms with Crippen molar-refractivity contribution >= 4 is 11.9 Å². The first-order valence-electron chi connectivity index (χ1n) is 10.4. The van der Waals surface area contributed by atoms with E-state index in [4.69, 9.17) is 0 Å². The Labute approximate surface area is 189 Å². The Hall–Kier alpha value is -2.98. The summed E-state index contributed by atoms with van der Waals surface area (Å²) in [5.74, 6) is -0.807. The van der Waals surface area contributed by atoms with E-state index < -0.39 is 23.2 Å². The summed E-state index contributed by atoms with van der Waals surface area (Å²) in [6.45, 7) is 7.33. The van der Waals surface area contributed by atoms with Gasteiger partial charge in [-0.25, -0.2) is 15.2 Å². The van der Waals surface area contributed by atoms with Gasteiger partial charge in [-0.05, 0) is 69.2 Å². The number of carbonyl (C=O) groups is 1. The van der Waals surface area contributed by atoms with Gasteiger partial charge in [-0.2, -0.15) is 18.2 Å². The SMILES string of the molecule is Cc1ccc(C2CC(N/C(=N\C(=O)c3ccc(C(F)(F)F)cc3)NC(C)(C)C)NN2)cc1F. The molecule has 0 bridgehead atoms. The van der Waals surface area contributed by atoms with E-state index in [0.717, 1.165) is 29.8 Å². The molecular formula is C23H27F4N5O. The minimum Gasteiger partial charge on any atom is -0.351 e. The maximum absolute atomic E-state index is 13.9. The highest BCUT2D eigenvalue weighted by atomic mass is 19.4. The molecule has 1 aliphatic heterocycles. The molecular weight excluding hydrogens is 438 g/mol. The summed E-state index contributed by atoms with van der Waals surface area (Å²) in [5, 5.41) is 6.21. The molecule has 0 spiro atoms. The average molecular weight is 465 g/mol. The molecule has 4 N–H and O–H groups in total. The molecule has 2 unspecified atom stereocenters. The summed E-state index contributed by atoms with van der Waals surface area (Å²) < 4.78 is 52.2. The van der Waals surface area contributed by atoms with Gasteiger partial charge in [0.15, 0.2) is 0 Å². The van der Waals surface area contributed by atoms with Gasteiger partial charge in [-0.3, -0.25) is 4.79 Å². The lowest BCUT2D eigenvalue weighted by atomic mass is 10.0. The van der Waals surface area contributed by atoms with Crippen LogP contribution in [0.4, 0.5) is 17.6 Å². The van der Waals surface area contributed by atoms with Crippen LogP contribution in [0.3, 0.4) is 0 Å². The Balaban J connectivity index is 1.74. The third kappa shape index (κ3) is 6.75. The van der Waals surface area contributed by atoms with Gasteiger partial charge in [0.1, 0.15) is 5.82 Å². The van der Waals surface area contributed by atoms with Crippen molar-refractivity contribution in [3.05, 3.63) is 70.5 Å². The maximum atomic E-state index is 13.9. The van der Waals surface area contributed by atoms with E-state index in [-0.39, 0.29) is 29.5 Å². The standard InChI is InChI=1S/C23H27F4N5O/c1-13-5-6-15(11-17(13)24)18-12-19(32-31-18)28-21(30-22(2,3)4)29-20(33)14-7-9-16(10-8-14)23(25,26)27/h5-11,18-19,31-32H,12H2,1-4H3,(H2,28,29,30,33). The van der Waals surface area contributed by atoms with Crippen LogP contribution in [0.25, 0.3) is 0 Å². The van der Waals surface area contributed by atoms with Gasteiger partial charge >= 0.3 is 6.18 Å². The molecule has 0 radical (unpaired) electrons. The Morgan fingerprint density at radius 2 is 1.73 bits per heavy atom. The van der Waals surface area contributed by atoms with Crippen LogP contribution in [0, 0.1) is 12.7 Å². The first-order valence-corrected chi connectivity index (χ1v) is 10.4. The second kappa shape index (κ2) is 9.48. The average Bonchev–Trinajstić information content (AvgIpc) is 3.16. The van der Waals surface area contributed by atoms with Crippen molar-refractivity contribution in [2.75, 3.05) is 0 Å². The summed E-state index contributed by atoms with van der Waals surface area (Å²) in [7, 11) is 0. The fraction of sp³-hybridized carbons (Fsp3) is 0.391. The quantitative estimate of drug-likeness (QED) is 0.311. The van der Waals surface area contributed by atoms with Crippen molar-refractivity contribution in [2.45, 2.75) is 58.0 Å². The Morgan fingerprint density at radius 1 is 1.06 bits per heavy atom. The number of guanidine groups is 1. The van der Waals surface area contributed by atoms with Gasteiger partial charge in [-0.1, -0.05) is 12.1 Å². The largest absolute Gasteiger partial charge is 0.416 e. The van der Waals surface area contributed by atoms with E-state index in [1.807, 2.05) is 26.8 Å². The minimum atomic E-state index is -4.48. The number of amides is 1. The first-order chi connectivity index (χ1) is 15.3. The third-order valence-corrected chi connectivity index (χ3v) is 4.98. The molecule has 10 heteroatoms. The van der Waals surface area contributed by atoms with Crippen LogP contribution in [0.15, 0.2) is 47.5 Å². The van der Waals surface area contributed by atoms with E-state index in [0.29, 0.717) is 12.0 Å². The number of nitrogens with zero attached hydrogens (tertiary/aromatic N) is 1. The van der Waals surface area contributed by atoms with Crippen LogP contribution < -0.4 is 21.5 Å². The second-order valence-electron chi connectivity index (χ2n) is 9.00. The minimum absolute atomic E-state index is 0.0310. The van der Waals surface area contributed by atoms with Crippen LogP contribution in [-0.2, 0) is 6.18 Å². The Bertz CT molecular complexity index is 1030. The number of benzene rings is 2. The lowest BCUT2D eigenvalue weighted by molar-refractivity contribution is -0.137. The van der Waals surface area contributed by atoms with Crippen LogP contribution >= 0.6 is 0 Å². The smallest absolute Gasteiger partial charge is 0.351 e. The summed E-state index contributed by atoms with van der Waals surface area (Å²) in [6, 6.07) is 8.76. The highest BCUT2D eigenvalue weighted by Gasteiger charge is 2.30.